The number of rotatable bonds is 5. The molecule has 1 aromatic heterocycles. The van der Waals surface area contributed by atoms with Crippen molar-refractivity contribution in [1.82, 2.24) is 15.2 Å². The van der Waals surface area contributed by atoms with Crippen molar-refractivity contribution in [2.75, 3.05) is 37.6 Å². The van der Waals surface area contributed by atoms with E-state index in [1.165, 1.54) is 36.8 Å². The number of thiazole rings is 1. The Kier molecular flexibility index (Phi) is 4.05. The van der Waals surface area contributed by atoms with Gasteiger partial charge in [-0.3, -0.25) is 4.90 Å². The molecule has 0 amide bonds. The molecule has 1 N–H and O–H groups in total. The Morgan fingerprint density at radius 1 is 1.37 bits per heavy atom. The van der Waals surface area contributed by atoms with E-state index in [1.54, 1.807) is 11.3 Å². The monoisotopic (exact) mass is 280 g/mol. The second-order valence-corrected chi connectivity index (χ2v) is 6.43. The second kappa shape index (κ2) is 5.77. The quantitative estimate of drug-likeness (QED) is 0.895. The van der Waals surface area contributed by atoms with E-state index in [4.69, 9.17) is 4.98 Å². The Morgan fingerprint density at radius 3 is 2.74 bits per heavy atom. The standard InChI is InChI=1S/C14H24N4S/c1-3-15-11(2)13-10-19-14(16-13)18-8-6-17(7-9-18)12-4-5-12/h10-12,15H,3-9H2,1-2H3. The summed E-state index contributed by atoms with van der Waals surface area (Å²) in [7, 11) is 0. The van der Waals surface area contributed by atoms with Crippen LogP contribution in [0.1, 0.15) is 38.4 Å². The minimum absolute atomic E-state index is 0.364. The van der Waals surface area contributed by atoms with E-state index < -0.39 is 0 Å². The number of piperazine rings is 1. The summed E-state index contributed by atoms with van der Waals surface area (Å²) in [6.45, 7) is 10.0. The zero-order chi connectivity index (χ0) is 13.2. The first-order valence-corrected chi connectivity index (χ1v) is 8.33. The molecule has 0 aromatic carbocycles. The Bertz CT molecular complexity index is 407. The fourth-order valence-electron chi connectivity index (χ4n) is 2.75. The highest BCUT2D eigenvalue weighted by Gasteiger charge is 2.31. The third-order valence-electron chi connectivity index (χ3n) is 4.11. The lowest BCUT2D eigenvalue weighted by Crippen LogP contribution is -2.47. The molecule has 106 valence electrons. The van der Waals surface area contributed by atoms with Crippen LogP contribution < -0.4 is 10.2 Å². The topological polar surface area (TPSA) is 31.4 Å². The molecule has 5 heteroatoms. The van der Waals surface area contributed by atoms with E-state index in [1.807, 2.05) is 0 Å². The molecule has 0 spiro atoms. The van der Waals surface area contributed by atoms with E-state index in [0.717, 1.165) is 25.7 Å². The van der Waals surface area contributed by atoms with Gasteiger partial charge >= 0.3 is 0 Å². The van der Waals surface area contributed by atoms with Crippen LogP contribution in [0.5, 0.6) is 0 Å². The number of aromatic nitrogens is 1. The molecule has 1 aromatic rings. The average molecular weight is 280 g/mol. The predicted molar refractivity (Wildman–Crippen MR) is 81.0 cm³/mol. The van der Waals surface area contributed by atoms with Crippen molar-refractivity contribution in [2.24, 2.45) is 0 Å². The molecule has 2 aliphatic rings. The highest BCUT2D eigenvalue weighted by atomic mass is 32.1. The average Bonchev–Trinajstić information content (AvgIpc) is 3.16. The first-order valence-electron chi connectivity index (χ1n) is 7.45. The SMILES string of the molecule is CCNC(C)c1csc(N2CCN(C3CC3)CC2)n1. The van der Waals surface area contributed by atoms with Crippen molar-refractivity contribution in [3.63, 3.8) is 0 Å². The summed E-state index contributed by atoms with van der Waals surface area (Å²) < 4.78 is 0. The number of nitrogens with zero attached hydrogens (tertiary/aromatic N) is 3. The molecule has 1 unspecified atom stereocenters. The second-order valence-electron chi connectivity index (χ2n) is 5.59. The van der Waals surface area contributed by atoms with Crippen LogP contribution in [0.4, 0.5) is 5.13 Å². The van der Waals surface area contributed by atoms with E-state index in [-0.39, 0.29) is 0 Å². The van der Waals surface area contributed by atoms with Gasteiger partial charge in [-0.05, 0) is 26.3 Å². The van der Waals surface area contributed by atoms with Gasteiger partial charge in [0.1, 0.15) is 0 Å². The molecule has 4 nitrogen and oxygen atoms in total. The number of nitrogens with one attached hydrogen (secondary N) is 1. The molecule has 0 bridgehead atoms. The maximum absolute atomic E-state index is 4.80. The summed E-state index contributed by atoms with van der Waals surface area (Å²) in [6, 6.07) is 1.27. The Hall–Kier alpha value is -0.650. The van der Waals surface area contributed by atoms with E-state index in [9.17, 15) is 0 Å². The fourth-order valence-corrected chi connectivity index (χ4v) is 3.72. The van der Waals surface area contributed by atoms with Gasteiger partial charge in [-0.15, -0.1) is 11.3 Å². The summed E-state index contributed by atoms with van der Waals surface area (Å²) in [4.78, 5) is 9.90. The van der Waals surface area contributed by atoms with Crippen LogP contribution in [0.15, 0.2) is 5.38 Å². The van der Waals surface area contributed by atoms with E-state index in [0.29, 0.717) is 6.04 Å². The minimum Gasteiger partial charge on any atom is -0.346 e. The van der Waals surface area contributed by atoms with Crippen molar-refractivity contribution in [3.05, 3.63) is 11.1 Å². The van der Waals surface area contributed by atoms with Gasteiger partial charge in [-0.25, -0.2) is 4.98 Å². The summed E-state index contributed by atoms with van der Waals surface area (Å²) >= 11 is 1.79. The van der Waals surface area contributed by atoms with E-state index in [2.05, 4.69) is 34.3 Å². The van der Waals surface area contributed by atoms with Gasteiger partial charge in [0.25, 0.3) is 0 Å². The molecule has 1 aliphatic heterocycles. The van der Waals surface area contributed by atoms with Gasteiger partial charge in [0.15, 0.2) is 5.13 Å². The molecule has 3 rings (SSSR count). The molecule has 2 heterocycles. The van der Waals surface area contributed by atoms with Crippen LogP contribution in [-0.2, 0) is 0 Å². The van der Waals surface area contributed by atoms with Crippen LogP contribution in [0.25, 0.3) is 0 Å². The van der Waals surface area contributed by atoms with Crippen molar-refractivity contribution in [2.45, 2.75) is 38.8 Å². The van der Waals surface area contributed by atoms with Gasteiger partial charge in [0.2, 0.25) is 0 Å². The third kappa shape index (κ3) is 3.09. The Morgan fingerprint density at radius 2 is 2.11 bits per heavy atom. The largest absolute Gasteiger partial charge is 0.346 e. The normalized spacial score (nSPS) is 22.7. The van der Waals surface area contributed by atoms with E-state index >= 15 is 0 Å². The zero-order valence-electron chi connectivity index (χ0n) is 11.9. The zero-order valence-corrected chi connectivity index (χ0v) is 12.7. The number of anilines is 1. The Balaban J connectivity index is 1.57. The summed E-state index contributed by atoms with van der Waals surface area (Å²) in [5.74, 6) is 0. The molecule has 0 radical (unpaired) electrons. The minimum atomic E-state index is 0.364. The van der Waals surface area contributed by atoms with Gasteiger partial charge in [0, 0.05) is 43.6 Å². The van der Waals surface area contributed by atoms with Crippen molar-refractivity contribution >= 4 is 16.5 Å². The molecule has 1 saturated carbocycles. The van der Waals surface area contributed by atoms with Crippen LogP contribution in [0.3, 0.4) is 0 Å². The lowest BCUT2D eigenvalue weighted by atomic mass is 10.2. The molecule has 19 heavy (non-hydrogen) atoms. The summed E-state index contributed by atoms with van der Waals surface area (Å²) in [5.41, 5.74) is 1.19. The molecule has 1 atom stereocenters. The predicted octanol–water partition coefficient (Wildman–Crippen LogP) is 2.10. The first-order chi connectivity index (χ1) is 9.28. The maximum atomic E-state index is 4.80. The molecule has 2 fully saturated rings. The lowest BCUT2D eigenvalue weighted by Gasteiger charge is -2.34. The van der Waals surface area contributed by atoms with Crippen molar-refractivity contribution in [1.29, 1.82) is 0 Å². The summed E-state index contributed by atoms with van der Waals surface area (Å²) in [6.07, 6.45) is 2.84. The van der Waals surface area contributed by atoms with Crippen LogP contribution >= 0.6 is 11.3 Å². The molecule has 1 aliphatic carbocycles. The van der Waals surface area contributed by atoms with Crippen molar-refractivity contribution < 1.29 is 0 Å². The van der Waals surface area contributed by atoms with Gasteiger partial charge in [0.05, 0.1) is 5.69 Å². The molecule has 1 saturated heterocycles. The van der Waals surface area contributed by atoms with Crippen LogP contribution in [0.2, 0.25) is 0 Å². The number of hydrogen-bond donors (Lipinski definition) is 1. The highest BCUT2D eigenvalue weighted by Crippen LogP contribution is 2.30. The fraction of sp³-hybridized carbons (Fsp3) is 0.786. The van der Waals surface area contributed by atoms with Crippen molar-refractivity contribution in [3.8, 4) is 0 Å². The smallest absolute Gasteiger partial charge is 0.185 e. The highest BCUT2D eigenvalue weighted by molar-refractivity contribution is 7.13. The lowest BCUT2D eigenvalue weighted by molar-refractivity contribution is 0.248. The van der Waals surface area contributed by atoms with Gasteiger partial charge in [-0.1, -0.05) is 6.92 Å². The third-order valence-corrected chi connectivity index (χ3v) is 5.03. The van der Waals surface area contributed by atoms with Gasteiger partial charge < -0.3 is 10.2 Å². The van der Waals surface area contributed by atoms with Crippen LogP contribution in [0, 0.1) is 0 Å². The molecular formula is C14H24N4S. The maximum Gasteiger partial charge on any atom is 0.185 e. The Labute approximate surface area is 119 Å². The van der Waals surface area contributed by atoms with Crippen LogP contribution in [-0.4, -0.2) is 48.6 Å². The summed E-state index contributed by atoms with van der Waals surface area (Å²) in [5, 5.41) is 6.83. The first kappa shape index (κ1) is 13.3. The molecular weight excluding hydrogens is 256 g/mol. The van der Waals surface area contributed by atoms with Gasteiger partial charge in [-0.2, -0.15) is 0 Å². The number of hydrogen-bond acceptors (Lipinski definition) is 5.